The highest BCUT2D eigenvalue weighted by Crippen LogP contribution is 2.28. The van der Waals surface area contributed by atoms with Crippen LogP contribution in [0.5, 0.6) is 0 Å². The van der Waals surface area contributed by atoms with Crippen LogP contribution in [-0.4, -0.2) is 24.2 Å². The highest BCUT2D eigenvalue weighted by Gasteiger charge is 2.27. The summed E-state index contributed by atoms with van der Waals surface area (Å²) in [6, 6.07) is 0. The molecule has 0 amide bonds. The zero-order valence-corrected chi connectivity index (χ0v) is 13.2. The molecule has 0 aromatic carbocycles. The third kappa shape index (κ3) is 4.03. The average molecular weight is 297 g/mol. The van der Waals surface area contributed by atoms with Crippen LogP contribution in [0.1, 0.15) is 56.2 Å². The smallest absolute Gasteiger partial charge is 0.308 e. The van der Waals surface area contributed by atoms with Gasteiger partial charge in [0.1, 0.15) is 0 Å². The Labute approximate surface area is 124 Å². The zero-order chi connectivity index (χ0) is 14.5. The Morgan fingerprint density at radius 2 is 2.10 bits per heavy atom. The van der Waals surface area contributed by atoms with E-state index >= 15 is 0 Å². The van der Waals surface area contributed by atoms with Gasteiger partial charge in [-0.1, -0.05) is 13.8 Å². The van der Waals surface area contributed by atoms with E-state index in [0.29, 0.717) is 12.5 Å². The van der Waals surface area contributed by atoms with Crippen LogP contribution in [0, 0.1) is 5.92 Å². The van der Waals surface area contributed by atoms with E-state index in [-0.39, 0.29) is 18.0 Å². The molecule has 1 saturated carbocycles. The van der Waals surface area contributed by atoms with Gasteiger partial charge in [-0.15, -0.1) is 11.3 Å². The van der Waals surface area contributed by atoms with Gasteiger partial charge in [0.15, 0.2) is 0 Å². The van der Waals surface area contributed by atoms with E-state index in [1.807, 2.05) is 0 Å². The topological polar surface area (TPSA) is 48.4 Å². The molecule has 1 aromatic heterocycles. The average Bonchev–Trinajstić information content (AvgIpc) is 2.94. The Morgan fingerprint density at radius 1 is 1.40 bits per heavy atom. The predicted octanol–water partition coefficient (Wildman–Crippen LogP) is 3.51. The first kappa shape index (κ1) is 15.4. The predicted molar refractivity (Wildman–Crippen MR) is 78.8 cm³/mol. The number of hydrogen-bond acceptors (Lipinski definition) is 5. The van der Waals surface area contributed by atoms with Gasteiger partial charge in [-0.25, -0.2) is 4.98 Å². The van der Waals surface area contributed by atoms with Gasteiger partial charge in [0.2, 0.25) is 0 Å². The number of carbonyl (C=O) groups excluding carboxylic acids is 1. The van der Waals surface area contributed by atoms with E-state index in [1.165, 1.54) is 7.11 Å². The number of carbonyl (C=O) groups is 1. The van der Waals surface area contributed by atoms with Crippen molar-refractivity contribution in [3.63, 3.8) is 0 Å². The minimum Gasteiger partial charge on any atom is -0.469 e. The van der Waals surface area contributed by atoms with Crippen LogP contribution in [0.25, 0.3) is 0 Å². The minimum atomic E-state index is -0.0791. The van der Waals surface area contributed by atoms with Crippen LogP contribution in [0.15, 0.2) is 5.38 Å². The second-order valence-corrected chi connectivity index (χ2v) is 6.53. The second kappa shape index (κ2) is 7.18. The molecular formula is C15H23NO3S. The second-order valence-electron chi connectivity index (χ2n) is 5.64. The van der Waals surface area contributed by atoms with Crippen molar-refractivity contribution < 1.29 is 14.3 Å². The molecule has 0 unspecified atom stereocenters. The molecule has 5 heteroatoms. The minimum absolute atomic E-state index is 0.0617. The molecule has 0 spiro atoms. The van der Waals surface area contributed by atoms with Crippen LogP contribution >= 0.6 is 11.3 Å². The summed E-state index contributed by atoms with van der Waals surface area (Å²) in [7, 11) is 1.46. The van der Waals surface area contributed by atoms with E-state index in [2.05, 4.69) is 24.2 Å². The lowest BCUT2D eigenvalue weighted by Crippen LogP contribution is -2.26. The van der Waals surface area contributed by atoms with Crippen molar-refractivity contribution in [2.45, 2.75) is 58.2 Å². The lowest BCUT2D eigenvalue weighted by Gasteiger charge is -2.26. The molecule has 2 rings (SSSR count). The highest BCUT2D eigenvalue weighted by molar-refractivity contribution is 7.09. The van der Waals surface area contributed by atoms with Crippen molar-refractivity contribution in [1.82, 2.24) is 4.98 Å². The van der Waals surface area contributed by atoms with E-state index in [1.54, 1.807) is 11.3 Å². The molecule has 1 aromatic rings. The van der Waals surface area contributed by atoms with Gasteiger partial charge >= 0.3 is 5.97 Å². The molecular weight excluding hydrogens is 274 g/mol. The fraction of sp³-hybridized carbons (Fsp3) is 0.733. The number of rotatable bonds is 5. The van der Waals surface area contributed by atoms with Gasteiger partial charge in [0, 0.05) is 11.3 Å². The van der Waals surface area contributed by atoms with Gasteiger partial charge in [-0.3, -0.25) is 4.79 Å². The number of thiazole rings is 1. The summed E-state index contributed by atoms with van der Waals surface area (Å²) in [5, 5.41) is 3.24. The first-order chi connectivity index (χ1) is 9.60. The number of esters is 1. The summed E-state index contributed by atoms with van der Waals surface area (Å²) < 4.78 is 10.7. The maximum atomic E-state index is 11.4. The monoisotopic (exact) mass is 297 g/mol. The summed E-state index contributed by atoms with van der Waals surface area (Å²) in [5.41, 5.74) is 1.02. The molecule has 4 nitrogen and oxygen atoms in total. The first-order valence-electron chi connectivity index (χ1n) is 7.24. The normalized spacial score (nSPS) is 23.0. The molecule has 112 valence electrons. The van der Waals surface area contributed by atoms with Gasteiger partial charge < -0.3 is 9.47 Å². The molecule has 1 aliphatic carbocycles. The van der Waals surface area contributed by atoms with Gasteiger partial charge in [0.25, 0.3) is 0 Å². The van der Waals surface area contributed by atoms with E-state index in [9.17, 15) is 4.79 Å². The number of ether oxygens (including phenoxy) is 2. The molecule has 0 atom stereocenters. The van der Waals surface area contributed by atoms with Crippen LogP contribution in [0.2, 0.25) is 0 Å². The van der Waals surface area contributed by atoms with E-state index in [4.69, 9.17) is 9.47 Å². The van der Waals surface area contributed by atoms with Crippen LogP contribution in [-0.2, 0) is 20.9 Å². The first-order valence-corrected chi connectivity index (χ1v) is 8.11. The number of aromatic nitrogens is 1. The Bertz CT molecular complexity index is 436. The van der Waals surface area contributed by atoms with Crippen LogP contribution in [0.4, 0.5) is 0 Å². The van der Waals surface area contributed by atoms with E-state index in [0.717, 1.165) is 36.4 Å². The van der Waals surface area contributed by atoms with Gasteiger partial charge in [0.05, 0.1) is 36.4 Å². The van der Waals surface area contributed by atoms with Gasteiger partial charge in [-0.05, 0) is 25.7 Å². The summed E-state index contributed by atoms with van der Waals surface area (Å²) in [6.07, 6.45) is 3.85. The molecule has 0 aliphatic heterocycles. The molecule has 1 aliphatic rings. The van der Waals surface area contributed by atoms with Gasteiger partial charge in [-0.2, -0.15) is 0 Å². The molecule has 1 heterocycles. The quantitative estimate of drug-likeness (QED) is 0.780. The summed E-state index contributed by atoms with van der Waals surface area (Å²) in [4.78, 5) is 16.0. The summed E-state index contributed by atoms with van der Waals surface area (Å²) in [6.45, 7) is 4.88. The summed E-state index contributed by atoms with van der Waals surface area (Å²) >= 11 is 1.70. The number of hydrogen-bond donors (Lipinski definition) is 0. The van der Waals surface area contributed by atoms with E-state index < -0.39 is 0 Å². The fourth-order valence-corrected chi connectivity index (χ4v) is 3.31. The number of nitrogens with zero attached hydrogens (tertiary/aromatic N) is 1. The molecule has 20 heavy (non-hydrogen) atoms. The van der Waals surface area contributed by atoms with Crippen molar-refractivity contribution >= 4 is 17.3 Å². The fourth-order valence-electron chi connectivity index (χ4n) is 2.49. The lowest BCUT2D eigenvalue weighted by molar-refractivity contribution is -0.147. The van der Waals surface area contributed by atoms with Crippen molar-refractivity contribution in [1.29, 1.82) is 0 Å². The third-order valence-electron chi connectivity index (χ3n) is 3.74. The molecule has 0 radical (unpaired) electrons. The zero-order valence-electron chi connectivity index (χ0n) is 12.4. The summed E-state index contributed by atoms with van der Waals surface area (Å²) in [5.74, 6) is 0.459. The van der Waals surface area contributed by atoms with Crippen molar-refractivity contribution in [3.8, 4) is 0 Å². The molecule has 0 N–H and O–H groups in total. The maximum Gasteiger partial charge on any atom is 0.308 e. The van der Waals surface area contributed by atoms with Crippen LogP contribution < -0.4 is 0 Å². The maximum absolute atomic E-state index is 11.4. The highest BCUT2D eigenvalue weighted by atomic mass is 32.1. The Hall–Kier alpha value is -0.940. The standard InChI is InChI=1S/C15H23NO3S/c1-10(2)14-16-12(9-20-14)8-19-13-6-4-11(5-7-13)15(17)18-3/h9-11,13H,4-8H2,1-3H3. The molecule has 1 fully saturated rings. The Morgan fingerprint density at radius 3 is 2.65 bits per heavy atom. The molecule has 0 saturated heterocycles. The lowest BCUT2D eigenvalue weighted by atomic mass is 9.87. The Balaban J connectivity index is 1.74. The van der Waals surface area contributed by atoms with Crippen molar-refractivity contribution in [2.24, 2.45) is 5.92 Å². The third-order valence-corrected chi connectivity index (χ3v) is 4.93. The van der Waals surface area contributed by atoms with Crippen LogP contribution in [0.3, 0.4) is 0 Å². The SMILES string of the molecule is COC(=O)C1CCC(OCc2csc(C(C)C)n2)CC1. The largest absolute Gasteiger partial charge is 0.469 e. The van der Waals surface area contributed by atoms with Crippen molar-refractivity contribution in [3.05, 3.63) is 16.1 Å². The molecule has 0 bridgehead atoms. The number of methoxy groups -OCH3 is 1. The van der Waals surface area contributed by atoms with Crippen molar-refractivity contribution in [2.75, 3.05) is 7.11 Å². The Kier molecular flexibility index (Phi) is 5.54.